The molecule has 1 amide bonds. The number of fused-ring (bicyclic) bond motifs is 2. The fourth-order valence-electron chi connectivity index (χ4n) is 3.81. The van der Waals surface area contributed by atoms with Crippen molar-refractivity contribution >= 4 is 5.91 Å². The van der Waals surface area contributed by atoms with Crippen molar-refractivity contribution < 1.29 is 4.79 Å². The summed E-state index contributed by atoms with van der Waals surface area (Å²) < 4.78 is 0. The van der Waals surface area contributed by atoms with Crippen LogP contribution in [-0.2, 0) is 16.8 Å². The molecule has 1 aliphatic heterocycles. The zero-order chi connectivity index (χ0) is 14.3. The average molecular weight is 272 g/mol. The van der Waals surface area contributed by atoms with Crippen LogP contribution in [-0.4, -0.2) is 36.0 Å². The maximum absolute atomic E-state index is 13.2. The van der Waals surface area contributed by atoms with Crippen molar-refractivity contribution in [3.63, 3.8) is 0 Å². The number of benzene rings is 1. The van der Waals surface area contributed by atoms with Gasteiger partial charge in [-0.2, -0.15) is 0 Å². The SMILES string of the molecule is CC(N(C)C)N1Cc2ccccc2C2(CCCC2)C1=O. The van der Waals surface area contributed by atoms with Gasteiger partial charge < -0.3 is 4.90 Å². The van der Waals surface area contributed by atoms with Crippen LogP contribution in [0.2, 0.25) is 0 Å². The van der Waals surface area contributed by atoms with Crippen molar-refractivity contribution in [2.24, 2.45) is 0 Å². The van der Waals surface area contributed by atoms with Gasteiger partial charge >= 0.3 is 0 Å². The minimum Gasteiger partial charge on any atom is -0.322 e. The lowest BCUT2D eigenvalue weighted by atomic mass is 9.73. The molecule has 3 heteroatoms. The molecule has 108 valence electrons. The summed E-state index contributed by atoms with van der Waals surface area (Å²) >= 11 is 0. The number of rotatable bonds is 2. The third-order valence-electron chi connectivity index (χ3n) is 5.20. The summed E-state index contributed by atoms with van der Waals surface area (Å²) in [4.78, 5) is 17.3. The van der Waals surface area contributed by atoms with Crippen LogP contribution in [0, 0.1) is 0 Å². The summed E-state index contributed by atoms with van der Waals surface area (Å²) in [6.45, 7) is 2.87. The molecule has 1 spiro atoms. The van der Waals surface area contributed by atoms with Gasteiger partial charge in [-0.05, 0) is 45.0 Å². The average Bonchev–Trinajstić information content (AvgIpc) is 2.93. The molecule has 2 aliphatic rings. The topological polar surface area (TPSA) is 23.6 Å². The largest absolute Gasteiger partial charge is 0.322 e. The van der Waals surface area contributed by atoms with E-state index in [0.29, 0.717) is 5.91 Å². The van der Waals surface area contributed by atoms with E-state index in [2.05, 4.69) is 41.0 Å². The van der Waals surface area contributed by atoms with Gasteiger partial charge in [0.15, 0.2) is 0 Å². The summed E-state index contributed by atoms with van der Waals surface area (Å²) in [5.41, 5.74) is 2.39. The van der Waals surface area contributed by atoms with Gasteiger partial charge in [-0.15, -0.1) is 0 Å². The summed E-state index contributed by atoms with van der Waals surface area (Å²) in [5.74, 6) is 0.343. The lowest BCUT2D eigenvalue weighted by Crippen LogP contribution is -2.55. The zero-order valence-electron chi connectivity index (χ0n) is 12.7. The summed E-state index contributed by atoms with van der Waals surface area (Å²) in [6.07, 6.45) is 4.52. The lowest BCUT2D eigenvalue weighted by Gasteiger charge is -2.45. The Hall–Kier alpha value is -1.35. The number of hydrogen-bond acceptors (Lipinski definition) is 2. The normalized spacial score (nSPS) is 22.4. The highest BCUT2D eigenvalue weighted by molar-refractivity contribution is 5.90. The Labute approximate surface area is 121 Å². The number of carbonyl (C=O) groups excluding carboxylic acids is 1. The van der Waals surface area contributed by atoms with Gasteiger partial charge in [0.1, 0.15) is 0 Å². The molecule has 0 bridgehead atoms. The van der Waals surface area contributed by atoms with Crippen LogP contribution in [0.3, 0.4) is 0 Å². The zero-order valence-corrected chi connectivity index (χ0v) is 12.7. The highest BCUT2D eigenvalue weighted by atomic mass is 16.2. The molecule has 1 heterocycles. The van der Waals surface area contributed by atoms with Crippen LogP contribution in [0.1, 0.15) is 43.7 Å². The summed E-state index contributed by atoms with van der Waals surface area (Å²) in [5, 5.41) is 0. The Balaban J connectivity index is 2.07. The first kappa shape index (κ1) is 13.6. The molecule has 1 aromatic carbocycles. The molecule has 0 saturated heterocycles. The van der Waals surface area contributed by atoms with Gasteiger partial charge in [-0.3, -0.25) is 9.69 Å². The third-order valence-corrected chi connectivity index (χ3v) is 5.20. The van der Waals surface area contributed by atoms with Gasteiger partial charge in [0, 0.05) is 6.54 Å². The Morgan fingerprint density at radius 1 is 1.20 bits per heavy atom. The molecule has 0 aromatic heterocycles. The van der Waals surface area contributed by atoms with E-state index >= 15 is 0 Å². The van der Waals surface area contributed by atoms with E-state index in [4.69, 9.17) is 0 Å². The van der Waals surface area contributed by atoms with Crippen molar-refractivity contribution in [1.29, 1.82) is 0 Å². The fraction of sp³-hybridized carbons (Fsp3) is 0.588. The molecule has 0 radical (unpaired) electrons. The van der Waals surface area contributed by atoms with Gasteiger partial charge in [-0.1, -0.05) is 37.1 Å². The molecular formula is C17H24N2O. The molecule has 20 heavy (non-hydrogen) atoms. The Morgan fingerprint density at radius 2 is 1.85 bits per heavy atom. The van der Waals surface area contributed by atoms with Gasteiger partial charge in [0.05, 0.1) is 11.6 Å². The number of amides is 1. The second kappa shape index (κ2) is 4.88. The smallest absolute Gasteiger partial charge is 0.234 e. The van der Waals surface area contributed by atoms with E-state index in [0.717, 1.165) is 19.4 Å². The first-order chi connectivity index (χ1) is 9.56. The Morgan fingerprint density at radius 3 is 2.50 bits per heavy atom. The van der Waals surface area contributed by atoms with Gasteiger partial charge in [-0.25, -0.2) is 0 Å². The molecule has 1 atom stereocenters. The predicted octanol–water partition coefficient (Wildman–Crippen LogP) is 2.75. The van der Waals surface area contributed by atoms with Crippen LogP contribution in [0.15, 0.2) is 24.3 Å². The predicted molar refractivity (Wildman–Crippen MR) is 80.3 cm³/mol. The van der Waals surface area contributed by atoms with Gasteiger partial charge in [0.25, 0.3) is 0 Å². The molecule has 3 rings (SSSR count). The highest BCUT2D eigenvalue weighted by Crippen LogP contribution is 2.47. The van der Waals surface area contributed by atoms with Crippen molar-refractivity contribution in [3.05, 3.63) is 35.4 Å². The van der Waals surface area contributed by atoms with Crippen molar-refractivity contribution in [2.45, 2.75) is 50.7 Å². The Bertz CT molecular complexity index is 517. The monoisotopic (exact) mass is 272 g/mol. The maximum Gasteiger partial charge on any atom is 0.234 e. The van der Waals surface area contributed by atoms with Crippen LogP contribution in [0.25, 0.3) is 0 Å². The molecule has 1 aromatic rings. The minimum absolute atomic E-state index is 0.147. The van der Waals surface area contributed by atoms with Crippen molar-refractivity contribution in [1.82, 2.24) is 9.80 Å². The van der Waals surface area contributed by atoms with Crippen molar-refractivity contribution in [3.8, 4) is 0 Å². The van der Waals surface area contributed by atoms with Crippen LogP contribution in [0.5, 0.6) is 0 Å². The highest BCUT2D eigenvalue weighted by Gasteiger charge is 2.49. The van der Waals surface area contributed by atoms with E-state index < -0.39 is 0 Å². The molecule has 1 unspecified atom stereocenters. The van der Waals surface area contributed by atoms with Crippen LogP contribution < -0.4 is 0 Å². The van der Waals surface area contributed by atoms with Crippen LogP contribution in [0.4, 0.5) is 0 Å². The number of nitrogens with zero attached hydrogens (tertiary/aromatic N) is 2. The minimum atomic E-state index is -0.237. The van der Waals surface area contributed by atoms with Crippen molar-refractivity contribution in [2.75, 3.05) is 14.1 Å². The molecule has 1 fully saturated rings. The number of carbonyl (C=O) groups is 1. The molecular weight excluding hydrogens is 248 g/mol. The summed E-state index contributed by atoms with van der Waals surface area (Å²) in [6, 6.07) is 8.54. The quantitative estimate of drug-likeness (QED) is 0.826. The molecule has 3 nitrogen and oxygen atoms in total. The first-order valence-electron chi connectivity index (χ1n) is 7.62. The number of hydrogen-bond donors (Lipinski definition) is 0. The molecule has 0 N–H and O–H groups in total. The van der Waals surface area contributed by atoms with E-state index in [-0.39, 0.29) is 11.6 Å². The third kappa shape index (κ3) is 1.87. The fourth-order valence-corrected chi connectivity index (χ4v) is 3.81. The van der Waals surface area contributed by atoms with E-state index in [9.17, 15) is 4.79 Å². The van der Waals surface area contributed by atoms with E-state index in [1.807, 2.05) is 14.1 Å². The second-order valence-electron chi connectivity index (χ2n) is 6.47. The maximum atomic E-state index is 13.2. The standard InChI is InChI=1S/C17H24N2O/c1-13(18(2)3)19-12-14-8-4-5-9-15(14)17(16(19)20)10-6-7-11-17/h4-5,8-9,13H,6-7,10-12H2,1-3H3. The Kier molecular flexibility index (Phi) is 3.33. The first-order valence-corrected chi connectivity index (χ1v) is 7.62. The van der Waals surface area contributed by atoms with E-state index in [1.54, 1.807) is 0 Å². The van der Waals surface area contributed by atoms with E-state index in [1.165, 1.54) is 24.0 Å². The molecule has 1 aliphatic carbocycles. The summed E-state index contributed by atoms with van der Waals surface area (Å²) in [7, 11) is 4.08. The van der Waals surface area contributed by atoms with Crippen LogP contribution >= 0.6 is 0 Å². The second-order valence-corrected chi connectivity index (χ2v) is 6.47. The lowest BCUT2D eigenvalue weighted by molar-refractivity contribution is -0.145. The molecule has 1 saturated carbocycles. The van der Waals surface area contributed by atoms with Gasteiger partial charge in [0.2, 0.25) is 5.91 Å².